The van der Waals surface area contributed by atoms with E-state index < -0.39 is 5.82 Å². The van der Waals surface area contributed by atoms with E-state index in [2.05, 4.69) is 51.6 Å². The standard InChI is InChI=1S/C38H24FN3O/c1-43-37-19-18-24(21-36(37)41-32-14-6-2-10-27(32)28-11-3-7-15-33(28)41)31-22-26(39)20-25(23-40)38(31)42-34-16-8-4-12-29(34)30-13-5-9-17-35(30)42/h2-22H,1H3. The lowest BCUT2D eigenvalue weighted by atomic mass is 9.98. The van der Waals surface area contributed by atoms with Crippen molar-refractivity contribution < 1.29 is 9.13 Å². The summed E-state index contributed by atoms with van der Waals surface area (Å²) in [5.41, 5.74) is 7.09. The minimum absolute atomic E-state index is 0.260. The van der Waals surface area contributed by atoms with Crippen LogP contribution >= 0.6 is 0 Å². The highest BCUT2D eigenvalue weighted by Gasteiger charge is 2.22. The van der Waals surface area contributed by atoms with E-state index in [1.165, 1.54) is 12.1 Å². The smallest absolute Gasteiger partial charge is 0.142 e. The molecule has 2 heterocycles. The average molecular weight is 558 g/mol. The molecule has 0 aliphatic rings. The molecule has 0 spiro atoms. The van der Waals surface area contributed by atoms with E-state index in [-0.39, 0.29) is 5.56 Å². The predicted octanol–water partition coefficient (Wildman–Crippen LogP) is 9.57. The minimum atomic E-state index is -0.467. The molecular formula is C38H24FN3O. The number of halogens is 1. The van der Waals surface area contributed by atoms with E-state index in [4.69, 9.17) is 4.74 Å². The van der Waals surface area contributed by atoms with Gasteiger partial charge in [0.25, 0.3) is 0 Å². The Balaban J connectivity index is 1.47. The van der Waals surface area contributed by atoms with Crippen LogP contribution in [0, 0.1) is 17.1 Å². The zero-order valence-electron chi connectivity index (χ0n) is 23.3. The molecule has 2 aromatic heterocycles. The van der Waals surface area contributed by atoms with Gasteiger partial charge in [0.1, 0.15) is 17.6 Å². The second kappa shape index (κ2) is 9.61. The summed E-state index contributed by atoms with van der Waals surface area (Å²) in [5.74, 6) is 0.218. The van der Waals surface area contributed by atoms with Crippen LogP contribution in [0.3, 0.4) is 0 Å². The lowest BCUT2D eigenvalue weighted by Gasteiger charge is -2.18. The Morgan fingerprint density at radius 3 is 1.58 bits per heavy atom. The molecule has 204 valence electrons. The lowest BCUT2D eigenvalue weighted by Crippen LogP contribution is -2.03. The molecule has 0 unspecified atom stereocenters. The van der Waals surface area contributed by atoms with E-state index in [1.54, 1.807) is 7.11 Å². The van der Waals surface area contributed by atoms with Crippen LogP contribution < -0.4 is 4.74 Å². The minimum Gasteiger partial charge on any atom is -0.495 e. The van der Waals surface area contributed by atoms with Crippen molar-refractivity contribution in [2.75, 3.05) is 7.11 Å². The van der Waals surface area contributed by atoms with Crippen LogP contribution in [-0.4, -0.2) is 16.2 Å². The molecule has 0 bridgehead atoms. The van der Waals surface area contributed by atoms with Gasteiger partial charge in [-0.3, -0.25) is 0 Å². The second-order valence-electron chi connectivity index (χ2n) is 10.6. The fourth-order valence-corrected chi connectivity index (χ4v) is 6.52. The first-order chi connectivity index (χ1) is 21.2. The normalized spacial score (nSPS) is 11.5. The van der Waals surface area contributed by atoms with Gasteiger partial charge in [0.05, 0.1) is 46.1 Å². The second-order valence-corrected chi connectivity index (χ2v) is 10.6. The molecule has 0 aliphatic carbocycles. The van der Waals surface area contributed by atoms with Crippen molar-refractivity contribution in [3.05, 3.63) is 139 Å². The van der Waals surface area contributed by atoms with Gasteiger partial charge in [-0.15, -0.1) is 0 Å². The topological polar surface area (TPSA) is 42.9 Å². The summed E-state index contributed by atoms with van der Waals surface area (Å²) >= 11 is 0. The molecule has 0 saturated heterocycles. The van der Waals surface area contributed by atoms with Crippen molar-refractivity contribution >= 4 is 43.6 Å². The summed E-state index contributed by atoms with van der Waals surface area (Å²) in [7, 11) is 1.66. The Hall–Kier alpha value is -5.86. The monoisotopic (exact) mass is 557 g/mol. The van der Waals surface area contributed by atoms with Crippen LogP contribution in [-0.2, 0) is 0 Å². The number of methoxy groups -OCH3 is 1. The Kier molecular flexibility index (Phi) is 5.57. The number of hydrogen-bond donors (Lipinski definition) is 0. The van der Waals surface area contributed by atoms with Gasteiger partial charge in [-0.2, -0.15) is 5.26 Å². The van der Waals surface area contributed by atoms with E-state index in [0.717, 1.165) is 54.9 Å². The highest BCUT2D eigenvalue weighted by molar-refractivity contribution is 6.11. The molecule has 0 fully saturated rings. The van der Waals surface area contributed by atoms with Crippen molar-refractivity contribution in [2.24, 2.45) is 0 Å². The van der Waals surface area contributed by atoms with Crippen LogP contribution in [0.1, 0.15) is 5.56 Å². The number of aromatic nitrogens is 2. The van der Waals surface area contributed by atoms with Gasteiger partial charge >= 0.3 is 0 Å². The number of rotatable bonds is 4. The highest BCUT2D eigenvalue weighted by atomic mass is 19.1. The van der Waals surface area contributed by atoms with Crippen molar-refractivity contribution in [3.8, 4) is 34.3 Å². The SMILES string of the molecule is COc1ccc(-c2cc(F)cc(C#N)c2-n2c3ccccc3c3ccccc32)cc1-n1c2ccccc2c2ccccc21. The number of nitrogens with zero attached hydrogens (tertiary/aromatic N) is 3. The molecule has 0 atom stereocenters. The maximum atomic E-state index is 15.3. The van der Waals surface area contributed by atoms with Gasteiger partial charge in [0.2, 0.25) is 0 Å². The van der Waals surface area contributed by atoms with Gasteiger partial charge in [0.15, 0.2) is 0 Å². The van der Waals surface area contributed by atoms with Gasteiger partial charge in [-0.25, -0.2) is 4.39 Å². The number of ether oxygens (including phenoxy) is 1. The number of hydrogen-bond acceptors (Lipinski definition) is 2. The predicted molar refractivity (Wildman–Crippen MR) is 172 cm³/mol. The van der Waals surface area contributed by atoms with Crippen LogP contribution in [0.5, 0.6) is 5.75 Å². The molecule has 8 rings (SSSR count). The summed E-state index contributed by atoms with van der Waals surface area (Å²) in [4.78, 5) is 0. The quantitative estimate of drug-likeness (QED) is 0.216. The molecule has 4 nitrogen and oxygen atoms in total. The summed E-state index contributed by atoms with van der Waals surface area (Å²) in [6.07, 6.45) is 0. The first kappa shape index (κ1) is 24.9. The molecule has 0 saturated carbocycles. The Morgan fingerprint density at radius 2 is 1.09 bits per heavy atom. The lowest BCUT2D eigenvalue weighted by molar-refractivity contribution is 0.413. The number of fused-ring (bicyclic) bond motifs is 6. The third-order valence-corrected chi connectivity index (χ3v) is 8.31. The van der Waals surface area contributed by atoms with Crippen LogP contribution in [0.25, 0.3) is 66.1 Å². The van der Waals surface area contributed by atoms with Crippen LogP contribution in [0.4, 0.5) is 4.39 Å². The third kappa shape index (κ3) is 3.67. The zero-order chi connectivity index (χ0) is 29.1. The zero-order valence-corrected chi connectivity index (χ0v) is 23.3. The van der Waals surface area contributed by atoms with E-state index >= 15 is 4.39 Å². The van der Waals surface area contributed by atoms with Crippen molar-refractivity contribution in [3.63, 3.8) is 0 Å². The maximum absolute atomic E-state index is 15.3. The van der Waals surface area contributed by atoms with Crippen LogP contribution in [0.15, 0.2) is 127 Å². The van der Waals surface area contributed by atoms with Crippen molar-refractivity contribution in [1.82, 2.24) is 9.13 Å². The molecule has 0 N–H and O–H groups in total. The Labute approximate surface area is 247 Å². The molecule has 5 heteroatoms. The fourth-order valence-electron chi connectivity index (χ4n) is 6.52. The molecule has 8 aromatic rings. The van der Waals surface area contributed by atoms with Crippen molar-refractivity contribution in [2.45, 2.75) is 0 Å². The highest BCUT2D eigenvalue weighted by Crippen LogP contribution is 2.41. The molecule has 6 aromatic carbocycles. The fraction of sp³-hybridized carbons (Fsp3) is 0.0263. The summed E-state index contributed by atoms with van der Waals surface area (Å²) in [5, 5.41) is 14.7. The van der Waals surface area contributed by atoms with Gasteiger partial charge in [-0.1, -0.05) is 78.9 Å². The largest absolute Gasteiger partial charge is 0.495 e. The first-order valence-corrected chi connectivity index (χ1v) is 14.1. The third-order valence-electron chi connectivity index (χ3n) is 8.31. The number of nitriles is 1. The number of benzene rings is 6. The Bertz CT molecular complexity index is 2320. The molecular weight excluding hydrogens is 533 g/mol. The maximum Gasteiger partial charge on any atom is 0.142 e. The molecule has 0 amide bonds. The van der Waals surface area contributed by atoms with Gasteiger partial charge < -0.3 is 13.9 Å². The van der Waals surface area contributed by atoms with Crippen molar-refractivity contribution in [1.29, 1.82) is 5.26 Å². The van der Waals surface area contributed by atoms with Gasteiger partial charge in [0, 0.05) is 27.1 Å². The average Bonchev–Trinajstić information content (AvgIpc) is 3.57. The van der Waals surface area contributed by atoms with E-state index in [0.29, 0.717) is 17.0 Å². The first-order valence-electron chi connectivity index (χ1n) is 14.1. The summed E-state index contributed by atoms with van der Waals surface area (Å²) in [6, 6.07) is 43.8. The van der Waals surface area contributed by atoms with E-state index in [1.807, 2.05) is 78.9 Å². The molecule has 0 radical (unpaired) electrons. The molecule has 0 aliphatic heterocycles. The number of para-hydroxylation sites is 4. The summed E-state index contributed by atoms with van der Waals surface area (Å²) < 4.78 is 25.5. The van der Waals surface area contributed by atoms with Crippen LogP contribution in [0.2, 0.25) is 0 Å². The summed E-state index contributed by atoms with van der Waals surface area (Å²) in [6.45, 7) is 0. The van der Waals surface area contributed by atoms with E-state index in [9.17, 15) is 5.26 Å². The molecule has 43 heavy (non-hydrogen) atoms. The Morgan fingerprint density at radius 1 is 0.605 bits per heavy atom. The van der Waals surface area contributed by atoms with Gasteiger partial charge in [-0.05, 0) is 54.1 Å².